The zero-order chi connectivity index (χ0) is 21.3. The quantitative estimate of drug-likeness (QED) is 0.775. The van der Waals surface area contributed by atoms with Crippen molar-refractivity contribution in [1.82, 2.24) is 4.98 Å². The number of aliphatic hydroxyl groups excluding tert-OH is 1. The Hall–Kier alpha value is -2.20. The number of pyridine rings is 1. The lowest BCUT2D eigenvalue weighted by Gasteiger charge is -2.42. The summed E-state index contributed by atoms with van der Waals surface area (Å²) < 4.78 is 49.5. The molecule has 1 aliphatic rings. The van der Waals surface area contributed by atoms with Gasteiger partial charge in [-0.2, -0.15) is 13.2 Å². The molecule has 0 radical (unpaired) electrons. The number of rotatable bonds is 4. The molecule has 1 N–H and O–H groups in total. The molecule has 10 heteroatoms. The molecule has 28 heavy (non-hydrogen) atoms. The van der Waals surface area contributed by atoms with Gasteiger partial charge < -0.3 is 14.6 Å². The van der Waals surface area contributed by atoms with Crippen molar-refractivity contribution in [2.45, 2.75) is 57.6 Å². The van der Waals surface area contributed by atoms with Crippen LogP contribution in [0.25, 0.3) is 0 Å². The van der Waals surface area contributed by atoms with E-state index in [0.29, 0.717) is 0 Å². The third kappa shape index (κ3) is 4.44. The monoisotopic (exact) mass is 404 g/mol. The molecular formula is C18H23F3N2O5. The smallest absolute Gasteiger partial charge is 0.433 e. The molecule has 1 saturated heterocycles. The number of anilines is 1. The Labute approximate surface area is 160 Å². The fourth-order valence-corrected chi connectivity index (χ4v) is 2.85. The summed E-state index contributed by atoms with van der Waals surface area (Å²) in [5.74, 6) is -2.15. The number of carbonyl (C=O) groups excluding carboxylic acids is 2. The molecule has 2 rings (SSSR count). The number of aromatic nitrogens is 1. The minimum absolute atomic E-state index is 0.0735. The van der Waals surface area contributed by atoms with Crippen molar-refractivity contribution >= 4 is 17.7 Å². The summed E-state index contributed by atoms with van der Waals surface area (Å²) in [5.41, 5.74) is -4.04. The second-order valence-corrected chi connectivity index (χ2v) is 7.36. The van der Waals surface area contributed by atoms with Gasteiger partial charge in [0, 0.05) is 0 Å². The van der Waals surface area contributed by atoms with Crippen LogP contribution in [-0.4, -0.2) is 52.4 Å². The summed E-state index contributed by atoms with van der Waals surface area (Å²) in [7, 11) is 0. The zero-order valence-corrected chi connectivity index (χ0v) is 16.0. The van der Waals surface area contributed by atoms with Gasteiger partial charge >= 0.3 is 12.1 Å². The Morgan fingerprint density at radius 3 is 2.57 bits per heavy atom. The number of esters is 1. The first-order valence-corrected chi connectivity index (χ1v) is 8.73. The minimum atomic E-state index is -4.68. The first-order valence-electron chi connectivity index (χ1n) is 8.73. The van der Waals surface area contributed by atoms with Crippen molar-refractivity contribution in [3.8, 4) is 0 Å². The second kappa shape index (κ2) is 7.67. The molecule has 0 spiro atoms. The van der Waals surface area contributed by atoms with Crippen molar-refractivity contribution in [3.63, 3.8) is 0 Å². The van der Waals surface area contributed by atoms with E-state index in [-0.39, 0.29) is 25.4 Å². The van der Waals surface area contributed by atoms with Gasteiger partial charge in [0.05, 0.1) is 13.2 Å². The van der Waals surface area contributed by atoms with Gasteiger partial charge in [-0.25, -0.2) is 9.78 Å². The third-order valence-corrected chi connectivity index (χ3v) is 4.18. The Morgan fingerprint density at radius 2 is 2.04 bits per heavy atom. The zero-order valence-electron chi connectivity index (χ0n) is 16.0. The maximum absolute atomic E-state index is 13.1. The van der Waals surface area contributed by atoms with Gasteiger partial charge in [0.1, 0.15) is 17.1 Å². The molecule has 156 valence electrons. The molecule has 2 heterocycles. The second-order valence-electron chi connectivity index (χ2n) is 7.36. The summed E-state index contributed by atoms with van der Waals surface area (Å²) in [6, 6.07) is 3.17. The lowest BCUT2D eigenvalue weighted by molar-refractivity contribution is -0.195. The number of hydrogen-bond acceptors (Lipinski definition) is 6. The predicted octanol–water partition coefficient (Wildman–Crippen LogP) is 2.32. The normalized spacial score (nSPS) is 22.1. The van der Waals surface area contributed by atoms with E-state index in [2.05, 4.69) is 4.98 Å². The molecule has 0 aliphatic carbocycles. The van der Waals surface area contributed by atoms with E-state index in [4.69, 9.17) is 9.47 Å². The first kappa shape index (κ1) is 22.1. The number of morpholine rings is 1. The Kier molecular flexibility index (Phi) is 6.05. The number of carbonyl (C=O) groups is 2. The Balaban J connectivity index is 2.37. The molecule has 2 atom stereocenters. The highest BCUT2D eigenvalue weighted by molar-refractivity contribution is 6.03. The number of aliphatic hydroxyl groups is 1. The summed E-state index contributed by atoms with van der Waals surface area (Å²) in [6.07, 6.45) is -6.72. The maximum Gasteiger partial charge on any atom is 0.433 e. The van der Waals surface area contributed by atoms with Crippen LogP contribution in [0.4, 0.5) is 19.0 Å². The molecule has 0 saturated carbocycles. The highest BCUT2D eigenvalue weighted by Crippen LogP contribution is 2.33. The summed E-state index contributed by atoms with van der Waals surface area (Å²) in [5, 5.41) is 10.5. The van der Waals surface area contributed by atoms with Crippen LogP contribution in [-0.2, 0) is 25.2 Å². The minimum Gasteiger partial charge on any atom is -0.458 e. The molecule has 0 aromatic carbocycles. The van der Waals surface area contributed by atoms with Gasteiger partial charge in [-0.15, -0.1) is 0 Å². The van der Waals surface area contributed by atoms with E-state index in [1.165, 1.54) is 13.0 Å². The van der Waals surface area contributed by atoms with Crippen molar-refractivity contribution in [1.29, 1.82) is 0 Å². The van der Waals surface area contributed by atoms with Gasteiger partial charge in [-0.05, 0) is 39.3 Å². The van der Waals surface area contributed by atoms with Gasteiger partial charge in [0.15, 0.2) is 11.7 Å². The van der Waals surface area contributed by atoms with E-state index in [0.717, 1.165) is 17.0 Å². The van der Waals surface area contributed by atoms with Gasteiger partial charge in [0.2, 0.25) is 0 Å². The van der Waals surface area contributed by atoms with Crippen LogP contribution in [0.3, 0.4) is 0 Å². The van der Waals surface area contributed by atoms with Crippen molar-refractivity contribution in [2.75, 3.05) is 18.1 Å². The summed E-state index contributed by atoms with van der Waals surface area (Å²) in [4.78, 5) is 29.9. The first-order chi connectivity index (χ1) is 12.8. The molecule has 1 amide bonds. The molecule has 7 nitrogen and oxygen atoms in total. The number of alkyl halides is 3. The van der Waals surface area contributed by atoms with Crippen molar-refractivity contribution < 1.29 is 37.3 Å². The van der Waals surface area contributed by atoms with Crippen LogP contribution < -0.4 is 4.90 Å². The maximum atomic E-state index is 13.1. The van der Waals surface area contributed by atoms with Crippen LogP contribution in [0.5, 0.6) is 0 Å². The molecule has 1 aromatic heterocycles. The fourth-order valence-electron chi connectivity index (χ4n) is 2.85. The van der Waals surface area contributed by atoms with Gasteiger partial charge in [0.25, 0.3) is 5.91 Å². The van der Waals surface area contributed by atoms with E-state index in [1.807, 2.05) is 0 Å². The van der Waals surface area contributed by atoms with Crippen LogP contribution in [0, 0.1) is 0 Å². The number of hydrogen-bond donors (Lipinski definition) is 1. The van der Waals surface area contributed by atoms with Crippen molar-refractivity contribution in [3.05, 3.63) is 23.9 Å². The molecule has 1 aliphatic heterocycles. The fraction of sp³-hybridized carbons (Fsp3) is 0.611. The summed E-state index contributed by atoms with van der Waals surface area (Å²) in [6.45, 7) is 6.14. The van der Waals surface area contributed by atoms with E-state index < -0.39 is 41.1 Å². The largest absolute Gasteiger partial charge is 0.458 e. The SMILES string of the molecule is CCC1(C(O)C(=O)OC(C)(C)C)OCCN(c2cccc(C(F)(F)F)n2)C1=O. The number of halogens is 3. The highest BCUT2D eigenvalue weighted by Gasteiger charge is 2.54. The van der Waals surface area contributed by atoms with Gasteiger partial charge in [-0.3, -0.25) is 9.69 Å². The molecule has 1 fully saturated rings. The van der Waals surface area contributed by atoms with Crippen LogP contribution in [0.2, 0.25) is 0 Å². The predicted molar refractivity (Wildman–Crippen MR) is 92.4 cm³/mol. The molecular weight excluding hydrogens is 381 g/mol. The third-order valence-electron chi connectivity index (χ3n) is 4.18. The topological polar surface area (TPSA) is 89.0 Å². The average Bonchev–Trinajstić information content (AvgIpc) is 2.59. The lowest BCUT2D eigenvalue weighted by Crippen LogP contribution is -2.64. The Morgan fingerprint density at radius 1 is 1.39 bits per heavy atom. The van der Waals surface area contributed by atoms with Crippen LogP contribution in [0.15, 0.2) is 18.2 Å². The molecule has 2 unspecified atom stereocenters. The summed E-state index contributed by atoms with van der Waals surface area (Å²) >= 11 is 0. The standard InChI is InChI=1S/C18H23F3N2O5/c1-5-17(13(24)14(25)28-16(2,3)4)15(26)23(9-10-27-17)12-8-6-7-11(22-12)18(19,20)21/h6-8,13,24H,5,9-10H2,1-4H3. The number of ether oxygens (including phenoxy) is 2. The van der Waals surface area contributed by atoms with Crippen LogP contribution in [0.1, 0.15) is 39.8 Å². The average molecular weight is 404 g/mol. The van der Waals surface area contributed by atoms with E-state index in [1.54, 1.807) is 20.8 Å². The van der Waals surface area contributed by atoms with Gasteiger partial charge in [-0.1, -0.05) is 13.0 Å². The van der Waals surface area contributed by atoms with Crippen molar-refractivity contribution in [2.24, 2.45) is 0 Å². The highest BCUT2D eigenvalue weighted by atomic mass is 19.4. The van der Waals surface area contributed by atoms with Crippen LogP contribution >= 0.6 is 0 Å². The van der Waals surface area contributed by atoms with E-state index >= 15 is 0 Å². The lowest BCUT2D eigenvalue weighted by atomic mass is 9.89. The number of amides is 1. The molecule has 0 bridgehead atoms. The van der Waals surface area contributed by atoms with E-state index in [9.17, 15) is 27.9 Å². The number of nitrogens with zero attached hydrogens (tertiary/aromatic N) is 2. The molecule has 1 aromatic rings. The Bertz CT molecular complexity index is 747.